The third kappa shape index (κ3) is 9.59. The van der Waals surface area contributed by atoms with Crippen LogP contribution in [0.15, 0.2) is 52.8 Å². The summed E-state index contributed by atoms with van der Waals surface area (Å²) in [6, 6.07) is 0. The van der Waals surface area contributed by atoms with Gasteiger partial charge in [0.05, 0.1) is 17.6 Å². The van der Waals surface area contributed by atoms with Gasteiger partial charge >= 0.3 is 0 Å². The molecule has 1 atom stereocenters. The first-order chi connectivity index (χ1) is 7.20. The fourth-order valence-corrected chi connectivity index (χ4v) is 1.79. The van der Waals surface area contributed by atoms with Gasteiger partial charge in [-0.05, 0) is 12.2 Å². The predicted octanol–water partition coefficient (Wildman–Crippen LogP) is 2.90. The highest BCUT2D eigenvalue weighted by Gasteiger charge is 1.92. The van der Waals surface area contributed by atoms with E-state index in [1.54, 1.807) is 36.4 Å². The summed E-state index contributed by atoms with van der Waals surface area (Å²) in [6.45, 7) is 7.23. The summed E-state index contributed by atoms with van der Waals surface area (Å²) in [5.41, 5.74) is 0. The van der Waals surface area contributed by atoms with Crippen molar-refractivity contribution in [2.45, 2.75) is 0 Å². The lowest BCUT2D eigenvalue weighted by Gasteiger charge is -1.97. The molecule has 0 heterocycles. The van der Waals surface area contributed by atoms with Crippen molar-refractivity contribution in [1.82, 2.24) is 0 Å². The molecule has 4 heteroatoms. The average molecular weight is 241 g/mol. The minimum Gasteiger partial charge on any atom is -0.592 e. The second kappa shape index (κ2) is 9.83. The zero-order valence-corrected chi connectivity index (χ0v) is 10.4. The van der Waals surface area contributed by atoms with Crippen molar-refractivity contribution in [1.29, 1.82) is 0 Å². The van der Waals surface area contributed by atoms with E-state index >= 15 is 0 Å². The first kappa shape index (κ1) is 14.3. The fraction of sp³-hybridized carbons (Fsp3) is 0.182. The second-order valence-electron chi connectivity index (χ2n) is 2.42. The van der Waals surface area contributed by atoms with E-state index in [0.29, 0.717) is 5.75 Å². The molecule has 2 nitrogen and oxygen atoms in total. The van der Waals surface area contributed by atoms with Gasteiger partial charge in [0, 0.05) is 10.7 Å². The second-order valence-corrected chi connectivity index (χ2v) is 4.57. The van der Waals surface area contributed by atoms with Crippen LogP contribution >= 0.6 is 11.8 Å². The molecular weight excluding hydrogens is 226 g/mol. The summed E-state index contributed by atoms with van der Waals surface area (Å²) in [5.74, 6) is 0.695. The Hall–Kier alpha value is -0.710. The minimum absolute atomic E-state index is 0.695. The predicted molar refractivity (Wildman–Crippen MR) is 72.6 cm³/mol. The van der Waals surface area contributed by atoms with Crippen molar-refractivity contribution in [3.63, 3.8) is 0 Å². The van der Waals surface area contributed by atoms with Gasteiger partial charge in [0.2, 0.25) is 0 Å². The third-order valence-corrected chi connectivity index (χ3v) is 2.59. The molecule has 0 aromatic rings. The molecule has 15 heavy (non-hydrogen) atoms. The Morgan fingerprint density at radius 3 is 2.73 bits per heavy atom. The molecule has 0 aliphatic carbocycles. The highest BCUT2D eigenvalue weighted by atomic mass is 32.2. The Morgan fingerprint density at radius 2 is 2.20 bits per heavy atom. The zero-order chi connectivity index (χ0) is 11.5. The molecule has 1 unspecified atom stereocenters. The highest BCUT2D eigenvalue weighted by Crippen LogP contribution is 2.16. The van der Waals surface area contributed by atoms with Gasteiger partial charge in [-0.25, -0.2) is 0 Å². The number of thioether (sulfide) groups is 1. The lowest BCUT2D eigenvalue weighted by molar-refractivity contribution is 0.603. The van der Waals surface area contributed by atoms with Crippen LogP contribution in [0.5, 0.6) is 0 Å². The van der Waals surface area contributed by atoms with E-state index in [9.17, 15) is 4.55 Å². The number of hydrogen-bond donors (Lipinski definition) is 0. The zero-order valence-electron chi connectivity index (χ0n) is 8.76. The van der Waals surface area contributed by atoms with Gasteiger partial charge in [0.25, 0.3) is 0 Å². The molecule has 0 aliphatic rings. The summed E-state index contributed by atoms with van der Waals surface area (Å²) in [5, 5.41) is 0. The molecule has 0 bridgehead atoms. The highest BCUT2D eigenvalue weighted by molar-refractivity contribution is 8.03. The Morgan fingerprint density at radius 1 is 1.47 bits per heavy atom. The number of hydrogen-bond acceptors (Lipinski definition) is 3. The maximum absolute atomic E-state index is 10.6. The molecule has 0 rings (SSSR count). The Bertz CT molecular complexity index is 280. The van der Waals surface area contributed by atoms with E-state index in [-0.39, 0.29) is 0 Å². The van der Waals surface area contributed by atoms with E-state index < -0.39 is 11.4 Å². The summed E-state index contributed by atoms with van der Waals surface area (Å²) in [4.78, 5) is 1.07. The normalized spacial score (nSPS) is 14.7. The molecule has 0 N–H and O–H groups in total. The number of rotatable bonds is 7. The van der Waals surface area contributed by atoms with Crippen LogP contribution in [0.3, 0.4) is 0 Å². The van der Waals surface area contributed by atoms with Crippen molar-refractivity contribution in [2.75, 3.05) is 12.0 Å². The Kier molecular flexibility index (Phi) is 9.36. The van der Waals surface area contributed by atoms with Crippen LogP contribution < -0.4 is 0 Å². The smallest absolute Gasteiger partial charge is 0.123 e. The van der Waals surface area contributed by atoms with Crippen LogP contribution in [0.1, 0.15) is 0 Å². The molecule has 0 aliphatic heterocycles. The molecule has 0 spiro atoms. The molecule has 0 aromatic carbocycles. The van der Waals surface area contributed by atoms with Crippen LogP contribution in [0.4, 0.5) is 0 Å². The van der Waals surface area contributed by atoms with Gasteiger partial charge in [-0.15, -0.1) is 11.8 Å². The van der Waals surface area contributed by atoms with Crippen molar-refractivity contribution in [2.24, 2.45) is 4.40 Å². The van der Waals surface area contributed by atoms with Crippen LogP contribution in [0.25, 0.3) is 0 Å². The van der Waals surface area contributed by atoms with Crippen molar-refractivity contribution in [3.8, 4) is 0 Å². The largest absolute Gasteiger partial charge is 0.592 e. The van der Waals surface area contributed by atoms with Gasteiger partial charge in [0.1, 0.15) is 6.26 Å². The quantitative estimate of drug-likeness (QED) is 0.390. The van der Waals surface area contributed by atoms with E-state index in [2.05, 4.69) is 17.6 Å². The van der Waals surface area contributed by atoms with Crippen molar-refractivity contribution in [3.05, 3.63) is 48.4 Å². The van der Waals surface area contributed by atoms with E-state index in [1.807, 2.05) is 18.2 Å². The van der Waals surface area contributed by atoms with E-state index in [0.717, 1.165) is 4.91 Å². The molecule has 0 amide bonds. The fourth-order valence-electron chi connectivity index (χ4n) is 0.700. The topological polar surface area (TPSA) is 35.4 Å². The van der Waals surface area contributed by atoms with Gasteiger partial charge < -0.3 is 4.55 Å². The third-order valence-electron chi connectivity index (χ3n) is 1.23. The van der Waals surface area contributed by atoms with Crippen LogP contribution in [-0.4, -0.2) is 22.8 Å². The lowest BCUT2D eigenvalue weighted by atomic mass is 10.4. The Balaban J connectivity index is 4.08. The van der Waals surface area contributed by atoms with Crippen LogP contribution in [-0.2, 0) is 11.4 Å². The standard InChI is InChI=1S/C11H15NOS2/c1-4-6-8-11(7-5-2)14-10-9-12-15(3)13/h4-9H,1-2,10H2,3H3/b8-6-,11-7+,12-9+. The summed E-state index contributed by atoms with van der Waals surface area (Å²) in [6.07, 6.45) is 12.3. The monoisotopic (exact) mass is 241 g/mol. The molecule has 82 valence electrons. The minimum atomic E-state index is -1.11. The molecular formula is C11H15NOS2. The molecule has 0 saturated heterocycles. The molecule has 0 aromatic heterocycles. The Labute approximate surface area is 98.9 Å². The van der Waals surface area contributed by atoms with Gasteiger partial charge in [0.15, 0.2) is 0 Å². The number of nitrogens with zero attached hydrogens (tertiary/aromatic N) is 1. The van der Waals surface area contributed by atoms with Gasteiger partial charge in [-0.2, -0.15) is 0 Å². The van der Waals surface area contributed by atoms with Crippen LogP contribution in [0.2, 0.25) is 0 Å². The van der Waals surface area contributed by atoms with Crippen molar-refractivity contribution >= 4 is 29.3 Å². The number of allylic oxidation sites excluding steroid dienone is 5. The first-order valence-corrected chi connectivity index (χ1v) is 6.81. The first-order valence-electron chi connectivity index (χ1n) is 4.31. The molecule has 0 radical (unpaired) electrons. The van der Waals surface area contributed by atoms with Gasteiger partial charge in [-0.3, -0.25) is 0 Å². The molecule has 0 saturated carbocycles. The SMILES string of the molecule is C=C/C=C\C(=C/C=C)SC/C=N/[S+](C)[O-]. The summed E-state index contributed by atoms with van der Waals surface area (Å²) >= 11 is 0.493. The maximum Gasteiger partial charge on any atom is 0.123 e. The average Bonchev–Trinajstić information content (AvgIpc) is 2.20. The maximum atomic E-state index is 10.6. The van der Waals surface area contributed by atoms with E-state index in [1.165, 1.54) is 0 Å². The van der Waals surface area contributed by atoms with Gasteiger partial charge in [-0.1, -0.05) is 35.8 Å². The van der Waals surface area contributed by atoms with Crippen molar-refractivity contribution < 1.29 is 4.55 Å². The summed E-state index contributed by atoms with van der Waals surface area (Å²) in [7, 11) is 0. The van der Waals surface area contributed by atoms with E-state index in [4.69, 9.17) is 0 Å². The molecule has 0 fully saturated rings. The summed E-state index contributed by atoms with van der Waals surface area (Å²) < 4.78 is 14.4. The lowest BCUT2D eigenvalue weighted by Crippen LogP contribution is -1.91. The van der Waals surface area contributed by atoms with Crippen LogP contribution in [0, 0.1) is 0 Å².